The van der Waals surface area contributed by atoms with Gasteiger partial charge in [0.05, 0.1) is 11.4 Å². The highest BCUT2D eigenvalue weighted by Crippen LogP contribution is 2.17. The summed E-state index contributed by atoms with van der Waals surface area (Å²) in [5, 5.41) is 9.99. The van der Waals surface area contributed by atoms with Crippen LogP contribution in [0.1, 0.15) is 19.4 Å². The molecule has 1 aromatic carbocycles. The van der Waals surface area contributed by atoms with Gasteiger partial charge in [0.25, 0.3) is 0 Å². The van der Waals surface area contributed by atoms with E-state index in [1.165, 1.54) is 12.1 Å². The van der Waals surface area contributed by atoms with Gasteiger partial charge < -0.3 is 0 Å². The van der Waals surface area contributed by atoms with Gasteiger partial charge in [0.1, 0.15) is 0 Å². The molecule has 0 saturated heterocycles. The zero-order valence-corrected chi connectivity index (χ0v) is 11.3. The van der Waals surface area contributed by atoms with Gasteiger partial charge in [-0.15, -0.1) is 0 Å². The minimum Gasteiger partial charge on any atom is -0.234 e. The van der Waals surface area contributed by atoms with Crippen molar-refractivity contribution in [2.45, 2.75) is 25.7 Å². The summed E-state index contributed by atoms with van der Waals surface area (Å²) in [5.74, 6) is -0.129. The standard InChI is InChI=1S/C11H16N2O4S/c1-9(2)8-12(13(14)15)18(16,17)11-6-4-10(3)5-7-11/h4-7,9H,8H2,1-3H3. The first kappa shape index (κ1) is 14.4. The Morgan fingerprint density at radius 3 is 2.17 bits per heavy atom. The van der Waals surface area contributed by atoms with Crippen LogP contribution in [-0.2, 0) is 10.0 Å². The molecule has 0 aliphatic rings. The van der Waals surface area contributed by atoms with Crippen molar-refractivity contribution in [1.82, 2.24) is 4.41 Å². The summed E-state index contributed by atoms with van der Waals surface area (Å²) >= 11 is 0. The smallest absolute Gasteiger partial charge is 0.234 e. The number of aryl methyl sites for hydroxylation is 1. The summed E-state index contributed by atoms with van der Waals surface area (Å²) in [5.41, 5.74) is 0.894. The Hall–Kier alpha value is -1.63. The first-order valence-corrected chi connectivity index (χ1v) is 6.93. The van der Waals surface area contributed by atoms with E-state index in [-0.39, 0.29) is 17.4 Å². The van der Waals surface area contributed by atoms with Gasteiger partial charge >= 0.3 is 10.0 Å². The van der Waals surface area contributed by atoms with Crippen LogP contribution < -0.4 is 0 Å². The topological polar surface area (TPSA) is 80.5 Å². The lowest BCUT2D eigenvalue weighted by Crippen LogP contribution is -2.38. The summed E-state index contributed by atoms with van der Waals surface area (Å²) in [6.07, 6.45) is 0. The van der Waals surface area contributed by atoms with Gasteiger partial charge in [0, 0.05) is 0 Å². The maximum absolute atomic E-state index is 12.1. The first-order valence-electron chi connectivity index (χ1n) is 5.49. The maximum Gasteiger partial charge on any atom is 0.313 e. The minimum atomic E-state index is -4.08. The summed E-state index contributed by atoms with van der Waals surface area (Å²) in [4.78, 5) is 10.8. The number of nitro groups is 1. The zero-order chi connectivity index (χ0) is 13.9. The third-order valence-corrected chi connectivity index (χ3v) is 4.00. The van der Waals surface area contributed by atoms with Gasteiger partial charge in [-0.05, 0) is 29.4 Å². The second-order valence-electron chi connectivity index (χ2n) is 4.45. The van der Waals surface area contributed by atoms with E-state index < -0.39 is 15.1 Å². The fraction of sp³-hybridized carbons (Fsp3) is 0.455. The van der Waals surface area contributed by atoms with Crippen LogP contribution >= 0.6 is 0 Å². The van der Waals surface area contributed by atoms with E-state index in [0.717, 1.165) is 5.56 Å². The highest BCUT2D eigenvalue weighted by molar-refractivity contribution is 7.89. The highest BCUT2D eigenvalue weighted by atomic mass is 32.2. The van der Waals surface area contributed by atoms with E-state index in [1.807, 2.05) is 6.92 Å². The molecule has 7 heteroatoms. The number of nitrogens with zero attached hydrogens (tertiary/aromatic N) is 2. The van der Waals surface area contributed by atoms with Crippen LogP contribution in [0.2, 0.25) is 0 Å². The average molecular weight is 272 g/mol. The van der Waals surface area contributed by atoms with E-state index in [1.54, 1.807) is 26.0 Å². The van der Waals surface area contributed by atoms with Crippen molar-refractivity contribution in [3.05, 3.63) is 39.9 Å². The van der Waals surface area contributed by atoms with Crippen molar-refractivity contribution in [3.8, 4) is 0 Å². The Labute approximate surface area is 106 Å². The second-order valence-corrected chi connectivity index (χ2v) is 6.30. The van der Waals surface area contributed by atoms with Crippen LogP contribution in [0.15, 0.2) is 29.2 Å². The predicted molar refractivity (Wildman–Crippen MR) is 66.9 cm³/mol. The Morgan fingerprint density at radius 2 is 1.78 bits per heavy atom. The third-order valence-electron chi connectivity index (χ3n) is 2.30. The molecule has 0 aliphatic carbocycles. The van der Waals surface area contributed by atoms with Crippen LogP contribution in [0.25, 0.3) is 0 Å². The molecule has 0 spiro atoms. The van der Waals surface area contributed by atoms with E-state index in [9.17, 15) is 18.5 Å². The van der Waals surface area contributed by atoms with Crippen molar-refractivity contribution < 1.29 is 13.5 Å². The quantitative estimate of drug-likeness (QED) is 0.605. The molecule has 0 N–H and O–H groups in total. The number of hydrogen-bond acceptors (Lipinski definition) is 4. The van der Waals surface area contributed by atoms with Gasteiger partial charge in [-0.25, -0.2) is 10.1 Å². The molecule has 6 nitrogen and oxygen atoms in total. The molecule has 100 valence electrons. The Kier molecular flexibility index (Phi) is 4.28. The van der Waals surface area contributed by atoms with Crippen LogP contribution in [0.3, 0.4) is 0 Å². The molecule has 0 saturated carbocycles. The van der Waals surface area contributed by atoms with E-state index in [2.05, 4.69) is 0 Å². The normalized spacial score (nSPS) is 11.6. The van der Waals surface area contributed by atoms with Gasteiger partial charge in [-0.1, -0.05) is 31.5 Å². The molecule has 0 bridgehead atoms. The largest absolute Gasteiger partial charge is 0.313 e. The predicted octanol–water partition coefficient (Wildman–Crippen LogP) is 1.83. The van der Waals surface area contributed by atoms with E-state index >= 15 is 0 Å². The molecule has 0 amide bonds. The highest BCUT2D eigenvalue weighted by Gasteiger charge is 2.33. The molecule has 18 heavy (non-hydrogen) atoms. The number of hydrazine groups is 1. The SMILES string of the molecule is Cc1ccc(S(=O)(=O)N(CC(C)C)[N+](=O)[O-])cc1. The first-order chi connectivity index (χ1) is 8.25. The molecule has 0 aromatic heterocycles. The number of rotatable bonds is 5. The lowest BCUT2D eigenvalue weighted by molar-refractivity contribution is -0.621. The van der Waals surface area contributed by atoms with E-state index in [4.69, 9.17) is 0 Å². The molecule has 0 aliphatic heterocycles. The molecule has 0 fully saturated rings. The van der Waals surface area contributed by atoms with Crippen LogP contribution in [0.4, 0.5) is 0 Å². The van der Waals surface area contributed by atoms with Crippen molar-refractivity contribution in [2.75, 3.05) is 6.54 Å². The lowest BCUT2D eigenvalue weighted by atomic mass is 10.2. The average Bonchev–Trinajstić information content (AvgIpc) is 2.25. The molecule has 1 aromatic rings. The minimum absolute atomic E-state index is 0.0644. The van der Waals surface area contributed by atoms with Gasteiger partial charge in [0.2, 0.25) is 0 Å². The molecule has 0 atom stereocenters. The van der Waals surface area contributed by atoms with Crippen molar-refractivity contribution in [2.24, 2.45) is 5.92 Å². The number of benzene rings is 1. The summed E-state index contributed by atoms with van der Waals surface area (Å²) in [6, 6.07) is 5.98. The summed E-state index contributed by atoms with van der Waals surface area (Å²) in [7, 11) is -4.08. The lowest BCUT2D eigenvalue weighted by Gasteiger charge is -2.16. The number of sulfonamides is 1. The summed E-state index contributed by atoms with van der Waals surface area (Å²) in [6.45, 7) is 5.11. The van der Waals surface area contributed by atoms with Crippen molar-refractivity contribution in [1.29, 1.82) is 0 Å². The van der Waals surface area contributed by atoms with Crippen LogP contribution in [0.5, 0.6) is 0 Å². The Morgan fingerprint density at radius 1 is 1.28 bits per heavy atom. The van der Waals surface area contributed by atoms with Gasteiger partial charge in [-0.2, -0.15) is 8.42 Å². The van der Waals surface area contributed by atoms with Crippen molar-refractivity contribution >= 4 is 10.0 Å². The molecule has 0 heterocycles. The maximum atomic E-state index is 12.1. The van der Waals surface area contributed by atoms with Gasteiger partial charge in [-0.3, -0.25) is 0 Å². The Bertz CT molecular complexity index is 522. The van der Waals surface area contributed by atoms with Crippen LogP contribution in [0, 0.1) is 23.0 Å². The second kappa shape index (κ2) is 5.34. The Balaban J connectivity index is 3.17. The molecular weight excluding hydrogens is 256 g/mol. The fourth-order valence-corrected chi connectivity index (χ4v) is 2.79. The van der Waals surface area contributed by atoms with Crippen LogP contribution in [-0.4, -0.2) is 24.4 Å². The fourth-order valence-electron chi connectivity index (χ4n) is 1.40. The molecular formula is C11H16N2O4S. The van der Waals surface area contributed by atoms with E-state index in [0.29, 0.717) is 4.41 Å². The van der Waals surface area contributed by atoms with Gasteiger partial charge in [0.15, 0.2) is 5.03 Å². The third kappa shape index (κ3) is 3.19. The molecule has 1 rings (SSSR count). The zero-order valence-electron chi connectivity index (χ0n) is 10.5. The van der Waals surface area contributed by atoms with Crippen molar-refractivity contribution in [3.63, 3.8) is 0 Å². The summed E-state index contributed by atoms with van der Waals surface area (Å²) < 4.78 is 24.5. The number of hydrogen-bond donors (Lipinski definition) is 0. The monoisotopic (exact) mass is 272 g/mol. The molecule has 0 unspecified atom stereocenters. The molecule has 0 radical (unpaired) electrons.